The number of hydrogen-bond acceptors (Lipinski definition) is 5. The third-order valence-corrected chi connectivity index (χ3v) is 6.10. The molecule has 0 atom stereocenters. The summed E-state index contributed by atoms with van der Waals surface area (Å²) in [5.41, 5.74) is 2.68. The van der Waals surface area contributed by atoms with Crippen LogP contribution in [0.3, 0.4) is 0 Å². The monoisotopic (exact) mass is 468 g/mol. The summed E-state index contributed by atoms with van der Waals surface area (Å²) in [7, 11) is -3.67. The number of carbonyl (C=O) groups excluding carboxylic acids is 1. The summed E-state index contributed by atoms with van der Waals surface area (Å²) in [5, 5.41) is 2.70. The molecule has 0 fully saturated rings. The first-order valence-corrected chi connectivity index (χ1v) is 12.3. The van der Waals surface area contributed by atoms with Gasteiger partial charge in [-0.3, -0.25) is 9.10 Å². The second-order valence-corrected chi connectivity index (χ2v) is 9.53. The minimum absolute atomic E-state index is 0.257. The van der Waals surface area contributed by atoms with E-state index in [1.165, 1.54) is 5.56 Å². The molecule has 0 spiro atoms. The predicted octanol–water partition coefficient (Wildman–Crippen LogP) is 4.06. The zero-order valence-corrected chi connectivity index (χ0v) is 19.8. The van der Waals surface area contributed by atoms with E-state index in [9.17, 15) is 13.2 Å². The fourth-order valence-electron chi connectivity index (χ4n) is 3.05. The van der Waals surface area contributed by atoms with Crippen molar-refractivity contribution in [1.82, 2.24) is 5.32 Å². The number of anilines is 1. The van der Waals surface area contributed by atoms with Crippen molar-refractivity contribution in [3.8, 4) is 17.2 Å². The predicted molar refractivity (Wildman–Crippen MR) is 130 cm³/mol. The summed E-state index contributed by atoms with van der Waals surface area (Å²) in [5.74, 6) is 1.54. The highest BCUT2D eigenvalue weighted by Gasteiger charge is 2.20. The van der Waals surface area contributed by atoms with Gasteiger partial charge in [-0.25, -0.2) is 8.42 Å². The Kier molecular flexibility index (Phi) is 7.95. The summed E-state index contributed by atoms with van der Waals surface area (Å²) in [6.07, 6.45) is 1.07. The summed E-state index contributed by atoms with van der Waals surface area (Å²) >= 11 is 0. The van der Waals surface area contributed by atoms with Gasteiger partial charge in [-0.2, -0.15) is 0 Å². The lowest BCUT2D eigenvalue weighted by atomic mass is 10.1. The first-order valence-electron chi connectivity index (χ1n) is 10.5. The SMILES string of the molecule is Cc1ccc(OCCNC(=O)CN(c2ccc(Oc3ccccc3)cc2)S(C)(=O)=O)cc1C. The van der Waals surface area contributed by atoms with Crippen LogP contribution in [0.2, 0.25) is 0 Å². The fourth-order valence-corrected chi connectivity index (χ4v) is 3.91. The van der Waals surface area contributed by atoms with Crippen LogP contribution in [0.4, 0.5) is 5.69 Å². The van der Waals surface area contributed by atoms with Gasteiger partial charge in [0.25, 0.3) is 0 Å². The number of amides is 1. The minimum atomic E-state index is -3.67. The first kappa shape index (κ1) is 24.1. The lowest BCUT2D eigenvalue weighted by molar-refractivity contribution is -0.119. The molecule has 0 bridgehead atoms. The van der Waals surface area contributed by atoms with Crippen LogP contribution in [0.5, 0.6) is 17.2 Å². The molecule has 3 rings (SSSR count). The molecule has 0 aromatic heterocycles. The van der Waals surface area contributed by atoms with E-state index in [4.69, 9.17) is 9.47 Å². The summed E-state index contributed by atoms with van der Waals surface area (Å²) in [4.78, 5) is 12.4. The van der Waals surface area contributed by atoms with Crippen LogP contribution in [0.25, 0.3) is 0 Å². The molecular weight excluding hydrogens is 440 g/mol. The largest absolute Gasteiger partial charge is 0.492 e. The van der Waals surface area contributed by atoms with Gasteiger partial charge in [-0.1, -0.05) is 24.3 Å². The van der Waals surface area contributed by atoms with Crippen LogP contribution in [-0.2, 0) is 14.8 Å². The topological polar surface area (TPSA) is 84.9 Å². The number of sulfonamides is 1. The van der Waals surface area contributed by atoms with Gasteiger partial charge >= 0.3 is 0 Å². The standard InChI is InChI=1S/C25H28N2O5S/c1-19-9-12-24(17-20(19)2)31-16-15-26-25(28)18-27(33(3,29)30)21-10-13-23(14-11-21)32-22-7-5-4-6-8-22/h4-14,17H,15-16,18H2,1-3H3,(H,26,28). The molecule has 8 heteroatoms. The number of ether oxygens (including phenoxy) is 2. The van der Waals surface area contributed by atoms with Gasteiger partial charge in [-0.05, 0) is 73.5 Å². The van der Waals surface area contributed by atoms with Gasteiger partial charge in [0.15, 0.2) is 0 Å². The van der Waals surface area contributed by atoms with E-state index in [2.05, 4.69) is 5.32 Å². The first-order chi connectivity index (χ1) is 15.7. The summed E-state index contributed by atoms with van der Waals surface area (Å²) in [6.45, 7) is 4.23. The number of nitrogens with zero attached hydrogens (tertiary/aromatic N) is 1. The molecular formula is C25H28N2O5S. The van der Waals surface area contributed by atoms with Crippen molar-refractivity contribution in [2.24, 2.45) is 0 Å². The van der Waals surface area contributed by atoms with Crippen LogP contribution >= 0.6 is 0 Å². The molecule has 1 N–H and O–H groups in total. The van der Waals surface area contributed by atoms with Gasteiger partial charge < -0.3 is 14.8 Å². The second kappa shape index (κ2) is 10.9. The number of aryl methyl sites for hydroxylation is 2. The second-order valence-electron chi connectivity index (χ2n) is 7.62. The summed E-state index contributed by atoms with van der Waals surface area (Å²) in [6, 6.07) is 21.6. The molecule has 0 saturated carbocycles. The normalized spacial score (nSPS) is 11.0. The number of benzene rings is 3. The molecule has 3 aromatic rings. The fraction of sp³-hybridized carbons (Fsp3) is 0.240. The van der Waals surface area contributed by atoms with Crippen LogP contribution in [0, 0.1) is 13.8 Å². The average Bonchev–Trinajstić information content (AvgIpc) is 2.78. The van der Waals surface area contributed by atoms with Crippen LogP contribution < -0.4 is 19.1 Å². The number of nitrogens with one attached hydrogen (secondary N) is 1. The maximum absolute atomic E-state index is 12.4. The van der Waals surface area contributed by atoms with E-state index < -0.39 is 15.9 Å². The van der Waals surface area contributed by atoms with E-state index in [0.29, 0.717) is 17.2 Å². The molecule has 0 aliphatic heterocycles. The van der Waals surface area contributed by atoms with Gasteiger partial charge in [0, 0.05) is 0 Å². The number of rotatable bonds is 10. The van der Waals surface area contributed by atoms with Crippen molar-refractivity contribution in [2.75, 3.05) is 30.3 Å². The Morgan fingerprint density at radius 3 is 2.15 bits per heavy atom. The quantitative estimate of drug-likeness (QED) is 0.454. The zero-order chi connectivity index (χ0) is 23.8. The molecule has 0 heterocycles. The molecule has 0 aliphatic carbocycles. The highest BCUT2D eigenvalue weighted by molar-refractivity contribution is 7.92. The number of carbonyl (C=O) groups is 1. The lowest BCUT2D eigenvalue weighted by Crippen LogP contribution is -2.41. The van der Waals surface area contributed by atoms with E-state index >= 15 is 0 Å². The van der Waals surface area contributed by atoms with Crippen molar-refractivity contribution in [3.63, 3.8) is 0 Å². The van der Waals surface area contributed by atoms with Gasteiger partial charge in [0.1, 0.15) is 30.4 Å². The minimum Gasteiger partial charge on any atom is -0.492 e. The Bertz CT molecular complexity index is 1180. The Morgan fingerprint density at radius 1 is 0.879 bits per heavy atom. The Morgan fingerprint density at radius 2 is 1.52 bits per heavy atom. The molecule has 0 unspecified atom stereocenters. The smallest absolute Gasteiger partial charge is 0.240 e. The number of para-hydroxylation sites is 1. The lowest BCUT2D eigenvalue weighted by Gasteiger charge is -2.22. The molecule has 174 valence electrons. The molecule has 0 radical (unpaired) electrons. The molecule has 3 aromatic carbocycles. The van der Waals surface area contributed by atoms with Gasteiger partial charge in [0.2, 0.25) is 15.9 Å². The van der Waals surface area contributed by atoms with Crippen LogP contribution in [0.1, 0.15) is 11.1 Å². The van der Waals surface area contributed by atoms with Crippen molar-refractivity contribution >= 4 is 21.6 Å². The van der Waals surface area contributed by atoms with Crippen LogP contribution in [0.15, 0.2) is 72.8 Å². The highest BCUT2D eigenvalue weighted by Crippen LogP contribution is 2.25. The Labute approximate surface area is 195 Å². The van der Waals surface area contributed by atoms with Gasteiger partial charge in [-0.15, -0.1) is 0 Å². The van der Waals surface area contributed by atoms with E-state index in [1.54, 1.807) is 24.3 Å². The maximum atomic E-state index is 12.4. The van der Waals surface area contributed by atoms with Gasteiger partial charge in [0.05, 0.1) is 18.5 Å². The molecule has 0 aliphatic rings. The molecule has 0 saturated heterocycles. The molecule has 1 amide bonds. The van der Waals surface area contributed by atoms with Crippen LogP contribution in [-0.4, -0.2) is 40.3 Å². The number of hydrogen-bond donors (Lipinski definition) is 1. The maximum Gasteiger partial charge on any atom is 0.240 e. The highest BCUT2D eigenvalue weighted by atomic mass is 32.2. The molecule has 33 heavy (non-hydrogen) atoms. The third kappa shape index (κ3) is 7.25. The third-order valence-electron chi connectivity index (χ3n) is 4.96. The van der Waals surface area contributed by atoms with Crippen molar-refractivity contribution in [3.05, 3.63) is 83.9 Å². The Balaban J connectivity index is 1.55. The zero-order valence-electron chi connectivity index (χ0n) is 18.9. The Hall–Kier alpha value is -3.52. The van der Waals surface area contributed by atoms with Crippen molar-refractivity contribution in [1.29, 1.82) is 0 Å². The van der Waals surface area contributed by atoms with E-state index in [0.717, 1.165) is 21.9 Å². The van der Waals surface area contributed by atoms with E-state index in [-0.39, 0.29) is 19.7 Å². The average molecular weight is 469 g/mol. The van der Waals surface area contributed by atoms with Crippen molar-refractivity contribution < 1.29 is 22.7 Å². The molecule has 7 nitrogen and oxygen atoms in total. The van der Waals surface area contributed by atoms with E-state index in [1.807, 2.05) is 62.4 Å². The summed E-state index contributed by atoms with van der Waals surface area (Å²) < 4.78 is 37.1. The van der Waals surface area contributed by atoms with Crippen molar-refractivity contribution in [2.45, 2.75) is 13.8 Å².